The molecule has 1 fully saturated rings. The highest BCUT2D eigenvalue weighted by Crippen LogP contribution is 2.21. The molecule has 2 aromatic rings. The van der Waals surface area contributed by atoms with E-state index < -0.39 is 0 Å². The number of nitrogens with zero attached hydrogens (tertiary/aromatic N) is 4. The number of aliphatic imine (C=N–C) groups is 1. The normalized spacial score (nSPS) is 17.5. The van der Waals surface area contributed by atoms with Crippen molar-refractivity contribution in [3.05, 3.63) is 40.9 Å². The van der Waals surface area contributed by atoms with Gasteiger partial charge in [-0.1, -0.05) is 17.7 Å². The molecule has 0 spiro atoms. The van der Waals surface area contributed by atoms with E-state index in [1.54, 1.807) is 11.3 Å². The highest BCUT2D eigenvalue weighted by atomic mass is 32.1. The number of hydrogen-bond donors (Lipinski definition) is 2. The lowest BCUT2D eigenvalue weighted by molar-refractivity contribution is 0.468. The smallest absolute Gasteiger partial charge is 0.191 e. The minimum atomic E-state index is 0.389. The molecule has 6 nitrogen and oxygen atoms in total. The first-order valence-electron chi connectivity index (χ1n) is 10.0. The Kier molecular flexibility index (Phi) is 7.14. The zero-order chi connectivity index (χ0) is 19.9. The number of thiazole rings is 1. The Bertz CT molecular complexity index is 767. The fourth-order valence-corrected chi connectivity index (χ4v) is 4.08. The summed E-state index contributed by atoms with van der Waals surface area (Å²) < 4.78 is 0. The van der Waals surface area contributed by atoms with Gasteiger partial charge in [-0.3, -0.25) is 0 Å². The van der Waals surface area contributed by atoms with Crippen LogP contribution in [0.3, 0.4) is 0 Å². The Labute approximate surface area is 172 Å². The average Bonchev–Trinajstić information content (AvgIpc) is 3.17. The van der Waals surface area contributed by atoms with Crippen molar-refractivity contribution in [1.29, 1.82) is 0 Å². The van der Waals surface area contributed by atoms with Gasteiger partial charge in [0.1, 0.15) is 0 Å². The summed E-state index contributed by atoms with van der Waals surface area (Å²) in [5.74, 6) is 0.873. The summed E-state index contributed by atoms with van der Waals surface area (Å²) in [6.07, 6.45) is 2.34. The Morgan fingerprint density at radius 2 is 2.11 bits per heavy atom. The van der Waals surface area contributed by atoms with Crippen LogP contribution in [-0.4, -0.2) is 50.7 Å². The van der Waals surface area contributed by atoms with Crippen molar-refractivity contribution in [2.24, 2.45) is 4.99 Å². The molecule has 1 aliphatic heterocycles. The van der Waals surface area contributed by atoms with E-state index >= 15 is 0 Å². The second-order valence-electron chi connectivity index (χ2n) is 7.48. The van der Waals surface area contributed by atoms with Gasteiger partial charge in [-0.25, -0.2) is 9.98 Å². The number of aromatic nitrogens is 1. The van der Waals surface area contributed by atoms with Crippen LogP contribution < -0.4 is 20.4 Å². The molecule has 28 heavy (non-hydrogen) atoms. The van der Waals surface area contributed by atoms with Crippen LogP contribution >= 0.6 is 11.3 Å². The quantitative estimate of drug-likeness (QED) is 0.576. The van der Waals surface area contributed by atoms with Gasteiger partial charge < -0.3 is 20.4 Å². The number of aryl methyl sites for hydroxylation is 1. The summed E-state index contributed by atoms with van der Waals surface area (Å²) in [5, 5.41) is 10.1. The maximum atomic E-state index is 4.76. The van der Waals surface area contributed by atoms with Gasteiger partial charge in [0, 0.05) is 50.8 Å². The van der Waals surface area contributed by atoms with Gasteiger partial charge in [0.15, 0.2) is 11.1 Å². The lowest BCUT2D eigenvalue weighted by Gasteiger charge is -2.35. The molecule has 1 aliphatic rings. The fourth-order valence-electron chi connectivity index (χ4n) is 3.33. The molecule has 2 heterocycles. The van der Waals surface area contributed by atoms with Crippen molar-refractivity contribution in [3.63, 3.8) is 0 Å². The third-order valence-electron chi connectivity index (χ3n) is 4.83. The van der Waals surface area contributed by atoms with Gasteiger partial charge >= 0.3 is 0 Å². The predicted molar refractivity (Wildman–Crippen MR) is 121 cm³/mol. The van der Waals surface area contributed by atoms with Gasteiger partial charge in [0.2, 0.25) is 0 Å². The highest BCUT2D eigenvalue weighted by Gasteiger charge is 2.21. The molecule has 0 aliphatic carbocycles. The first-order valence-corrected chi connectivity index (χ1v) is 10.9. The minimum Gasteiger partial charge on any atom is -0.369 e. The largest absolute Gasteiger partial charge is 0.369 e. The first-order chi connectivity index (χ1) is 13.5. The van der Waals surface area contributed by atoms with E-state index in [9.17, 15) is 0 Å². The molecule has 152 valence electrons. The van der Waals surface area contributed by atoms with Crippen LogP contribution in [0.2, 0.25) is 0 Å². The zero-order valence-corrected chi connectivity index (χ0v) is 18.2. The molecule has 0 radical (unpaired) electrons. The van der Waals surface area contributed by atoms with E-state index in [0.29, 0.717) is 12.6 Å². The molecule has 1 aromatic heterocycles. The molecule has 0 amide bonds. The number of rotatable bonds is 6. The van der Waals surface area contributed by atoms with Crippen LogP contribution in [-0.2, 0) is 6.54 Å². The average molecular weight is 401 g/mol. The zero-order valence-electron chi connectivity index (χ0n) is 17.4. The highest BCUT2D eigenvalue weighted by molar-refractivity contribution is 7.13. The van der Waals surface area contributed by atoms with Gasteiger partial charge in [-0.05, 0) is 38.8 Å². The van der Waals surface area contributed by atoms with Crippen molar-refractivity contribution >= 4 is 28.1 Å². The lowest BCUT2D eigenvalue weighted by Crippen LogP contribution is -2.51. The van der Waals surface area contributed by atoms with E-state index in [1.807, 2.05) is 19.0 Å². The number of benzene rings is 1. The van der Waals surface area contributed by atoms with Crippen molar-refractivity contribution in [2.75, 3.05) is 43.5 Å². The van der Waals surface area contributed by atoms with Gasteiger partial charge in [0.05, 0.1) is 12.2 Å². The van der Waals surface area contributed by atoms with Crippen LogP contribution in [0.25, 0.3) is 0 Å². The molecular formula is C21H32N6S. The summed E-state index contributed by atoms with van der Waals surface area (Å²) in [5.41, 5.74) is 3.62. The minimum absolute atomic E-state index is 0.389. The molecule has 1 saturated heterocycles. The number of hydrogen-bond acceptors (Lipinski definition) is 5. The van der Waals surface area contributed by atoms with E-state index in [0.717, 1.165) is 42.8 Å². The number of nitrogens with one attached hydrogen (secondary N) is 2. The van der Waals surface area contributed by atoms with Crippen molar-refractivity contribution < 1.29 is 0 Å². The molecule has 0 bridgehead atoms. The van der Waals surface area contributed by atoms with Crippen molar-refractivity contribution in [1.82, 2.24) is 15.6 Å². The van der Waals surface area contributed by atoms with Crippen molar-refractivity contribution in [3.8, 4) is 0 Å². The Balaban J connectivity index is 1.61. The van der Waals surface area contributed by atoms with Crippen molar-refractivity contribution in [2.45, 2.75) is 39.3 Å². The first kappa shape index (κ1) is 20.5. The van der Waals surface area contributed by atoms with Crippen LogP contribution in [0, 0.1) is 6.92 Å². The standard InChI is InChI=1S/C21H32N6S/c1-5-22-20(23-13-18-15-28-21(25-18)26(3)4)24-17-7-6-12-27(14-17)19-10-8-16(2)9-11-19/h8-11,15,17H,5-7,12-14H2,1-4H3,(H2,22,23,24). The van der Waals surface area contributed by atoms with Gasteiger partial charge in [-0.2, -0.15) is 0 Å². The van der Waals surface area contributed by atoms with E-state index in [2.05, 4.69) is 64.0 Å². The van der Waals surface area contributed by atoms with Crippen LogP contribution in [0.15, 0.2) is 34.6 Å². The summed E-state index contributed by atoms with van der Waals surface area (Å²) in [7, 11) is 4.03. The number of piperidine rings is 1. The second kappa shape index (κ2) is 9.78. The maximum Gasteiger partial charge on any atom is 0.191 e. The monoisotopic (exact) mass is 400 g/mol. The predicted octanol–water partition coefficient (Wildman–Crippen LogP) is 3.24. The second-order valence-corrected chi connectivity index (χ2v) is 8.31. The van der Waals surface area contributed by atoms with Gasteiger partial charge in [0.25, 0.3) is 0 Å². The number of guanidine groups is 1. The molecule has 1 atom stereocenters. The number of anilines is 2. The molecule has 3 rings (SSSR count). The Morgan fingerprint density at radius 3 is 2.79 bits per heavy atom. The molecule has 1 aromatic carbocycles. The third-order valence-corrected chi connectivity index (χ3v) is 5.88. The topological polar surface area (TPSA) is 55.8 Å². The summed E-state index contributed by atoms with van der Waals surface area (Å²) in [6, 6.07) is 9.21. The molecule has 0 saturated carbocycles. The Hall–Kier alpha value is -2.28. The maximum absolute atomic E-state index is 4.76. The van der Waals surface area contributed by atoms with Crippen LogP contribution in [0.4, 0.5) is 10.8 Å². The summed E-state index contributed by atoms with van der Waals surface area (Å²) in [4.78, 5) is 13.9. The lowest BCUT2D eigenvalue weighted by atomic mass is 10.0. The third kappa shape index (κ3) is 5.61. The van der Waals surface area contributed by atoms with Gasteiger partial charge in [-0.15, -0.1) is 11.3 Å². The molecule has 7 heteroatoms. The summed E-state index contributed by atoms with van der Waals surface area (Å²) in [6.45, 7) is 7.78. The summed E-state index contributed by atoms with van der Waals surface area (Å²) >= 11 is 1.66. The van der Waals surface area contributed by atoms with E-state index in [4.69, 9.17) is 4.99 Å². The van der Waals surface area contributed by atoms with Crippen LogP contribution in [0.5, 0.6) is 0 Å². The van der Waals surface area contributed by atoms with E-state index in [-0.39, 0.29) is 0 Å². The molecule has 2 N–H and O–H groups in total. The Morgan fingerprint density at radius 1 is 1.32 bits per heavy atom. The van der Waals surface area contributed by atoms with E-state index in [1.165, 1.54) is 17.7 Å². The fraction of sp³-hybridized carbons (Fsp3) is 0.524. The van der Waals surface area contributed by atoms with Crippen LogP contribution in [0.1, 0.15) is 31.0 Å². The molecular weight excluding hydrogens is 368 g/mol. The molecule has 1 unspecified atom stereocenters. The SMILES string of the molecule is CCNC(=NCc1csc(N(C)C)n1)NC1CCCN(c2ccc(C)cc2)C1.